The van der Waals surface area contributed by atoms with Crippen LogP contribution < -0.4 is 10.6 Å². The third-order valence-corrected chi connectivity index (χ3v) is 2.92. The first kappa shape index (κ1) is 11.6. The van der Waals surface area contributed by atoms with Crippen molar-refractivity contribution in [2.75, 3.05) is 39.3 Å². The third-order valence-electron chi connectivity index (χ3n) is 2.92. The Morgan fingerprint density at radius 1 is 1.38 bits per heavy atom. The summed E-state index contributed by atoms with van der Waals surface area (Å²) in [5.41, 5.74) is 0. The Morgan fingerprint density at radius 3 is 3.25 bits per heavy atom. The summed E-state index contributed by atoms with van der Waals surface area (Å²) in [7, 11) is 0. The van der Waals surface area contributed by atoms with Gasteiger partial charge in [0, 0.05) is 26.2 Å². The van der Waals surface area contributed by atoms with Gasteiger partial charge in [-0.3, -0.25) is 0 Å². The highest BCUT2D eigenvalue weighted by molar-refractivity contribution is 4.97. The van der Waals surface area contributed by atoms with Crippen molar-refractivity contribution in [3.63, 3.8) is 0 Å². The summed E-state index contributed by atoms with van der Waals surface area (Å²) >= 11 is 0. The summed E-state index contributed by atoms with van der Waals surface area (Å²) in [5, 5.41) is 6.81. The Bertz CT molecular complexity index is 266. The van der Waals surface area contributed by atoms with Gasteiger partial charge in [0.25, 0.3) is 0 Å². The molecule has 2 N–H and O–H groups in total. The van der Waals surface area contributed by atoms with Crippen molar-refractivity contribution in [2.24, 2.45) is 0 Å². The van der Waals surface area contributed by atoms with Gasteiger partial charge in [0.05, 0.1) is 12.8 Å². The largest absolute Gasteiger partial charge is 0.468 e. The Labute approximate surface area is 97.0 Å². The molecule has 1 aliphatic heterocycles. The van der Waals surface area contributed by atoms with Crippen molar-refractivity contribution in [1.29, 1.82) is 0 Å². The van der Waals surface area contributed by atoms with Crippen LogP contribution in [0.2, 0.25) is 0 Å². The van der Waals surface area contributed by atoms with Gasteiger partial charge in [-0.05, 0) is 31.6 Å². The maximum Gasteiger partial charge on any atom is 0.117 e. The summed E-state index contributed by atoms with van der Waals surface area (Å²) in [4.78, 5) is 2.51. The zero-order chi connectivity index (χ0) is 11.1. The number of hydrogen-bond donors (Lipinski definition) is 2. The SMILES string of the molecule is c1coc(CNCCN2CCCNCC2)c1. The van der Waals surface area contributed by atoms with Gasteiger partial charge in [-0.25, -0.2) is 0 Å². The van der Waals surface area contributed by atoms with E-state index in [1.54, 1.807) is 6.26 Å². The fourth-order valence-corrected chi connectivity index (χ4v) is 1.99. The number of hydrogen-bond acceptors (Lipinski definition) is 4. The van der Waals surface area contributed by atoms with E-state index in [9.17, 15) is 0 Å². The lowest BCUT2D eigenvalue weighted by molar-refractivity contribution is 0.289. The Morgan fingerprint density at radius 2 is 2.38 bits per heavy atom. The molecule has 0 bridgehead atoms. The maximum absolute atomic E-state index is 5.26. The molecule has 16 heavy (non-hydrogen) atoms. The van der Waals surface area contributed by atoms with Gasteiger partial charge in [0.2, 0.25) is 0 Å². The van der Waals surface area contributed by atoms with Crippen molar-refractivity contribution < 1.29 is 4.42 Å². The number of rotatable bonds is 5. The molecular formula is C12H21N3O. The number of nitrogens with one attached hydrogen (secondary N) is 2. The molecule has 4 heteroatoms. The second kappa shape index (κ2) is 6.68. The smallest absolute Gasteiger partial charge is 0.117 e. The Kier molecular flexibility index (Phi) is 4.86. The first-order chi connectivity index (χ1) is 7.95. The quantitative estimate of drug-likeness (QED) is 0.720. The molecule has 1 aromatic rings. The fraction of sp³-hybridized carbons (Fsp3) is 0.667. The van der Waals surface area contributed by atoms with Crippen LogP contribution in [-0.4, -0.2) is 44.2 Å². The van der Waals surface area contributed by atoms with Gasteiger partial charge in [0.1, 0.15) is 5.76 Å². The molecule has 0 saturated carbocycles. The van der Waals surface area contributed by atoms with Crippen molar-refractivity contribution in [2.45, 2.75) is 13.0 Å². The number of furan rings is 1. The Balaban J connectivity index is 1.56. The van der Waals surface area contributed by atoms with E-state index >= 15 is 0 Å². The molecular weight excluding hydrogens is 202 g/mol. The van der Waals surface area contributed by atoms with Crippen LogP contribution in [0.5, 0.6) is 0 Å². The van der Waals surface area contributed by atoms with Gasteiger partial charge in [0.15, 0.2) is 0 Å². The highest BCUT2D eigenvalue weighted by Gasteiger charge is 2.07. The van der Waals surface area contributed by atoms with Gasteiger partial charge in [-0.15, -0.1) is 0 Å². The minimum atomic E-state index is 0.832. The summed E-state index contributed by atoms with van der Waals surface area (Å²) in [5.74, 6) is 1.01. The maximum atomic E-state index is 5.26. The van der Waals surface area contributed by atoms with E-state index in [4.69, 9.17) is 4.42 Å². The first-order valence-corrected chi connectivity index (χ1v) is 6.11. The summed E-state index contributed by atoms with van der Waals surface area (Å²) < 4.78 is 5.26. The molecule has 1 saturated heterocycles. The molecule has 2 rings (SSSR count). The highest BCUT2D eigenvalue weighted by atomic mass is 16.3. The third kappa shape index (κ3) is 3.96. The van der Waals surface area contributed by atoms with Crippen LogP contribution in [0.1, 0.15) is 12.2 Å². The molecule has 0 aliphatic carbocycles. The van der Waals surface area contributed by atoms with Crippen molar-refractivity contribution in [1.82, 2.24) is 15.5 Å². The predicted octanol–water partition coefficient (Wildman–Crippen LogP) is 0.665. The normalized spacial score (nSPS) is 18.5. The van der Waals surface area contributed by atoms with E-state index in [1.165, 1.54) is 19.5 Å². The molecule has 1 aliphatic rings. The van der Waals surface area contributed by atoms with E-state index in [-0.39, 0.29) is 0 Å². The second-order valence-electron chi connectivity index (χ2n) is 4.20. The summed E-state index contributed by atoms with van der Waals surface area (Å²) in [6, 6.07) is 3.93. The molecule has 0 aromatic carbocycles. The summed E-state index contributed by atoms with van der Waals surface area (Å²) in [6.45, 7) is 7.66. The predicted molar refractivity (Wildman–Crippen MR) is 64.3 cm³/mol. The molecule has 0 atom stereocenters. The van der Waals surface area contributed by atoms with Crippen molar-refractivity contribution in [3.8, 4) is 0 Å². The average molecular weight is 223 g/mol. The van der Waals surface area contributed by atoms with Crippen LogP contribution in [0.4, 0.5) is 0 Å². The molecule has 1 aromatic heterocycles. The summed E-state index contributed by atoms with van der Waals surface area (Å²) in [6.07, 6.45) is 2.98. The number of nitrogens with zero attached hydrogens (tertiary/aromatic N) is 1. The second-order valence-corrected chi connectivity index (χ2v) is 4.20. The molecule has 90 valence electrons. The zero-order valence-electron chi connectivity index (χ0n) is 9.74. The van der Waals surface area contributed by atoms with E-state index in [0.29, 0.717) is 0 Å². The van der Waals surface area contributed by atoms with Crippen molar-refractivity contribution in [3.05, 3.63) is 24.2 Å². The first-order valence-electron chi connectivity index (χ1n) is 6.11. The molecule has 4 nitrogen and oxygen atoms in total. The molecule has 0 unspecified atom stereocenters. The van der Waals surface area contributed by atoms with Crippen LogP contribution in [-0.2, 0) is 6.54 Å². The van der Waals surface area contributed by atoms with Gasteiger partial charge >= 0.3 is 0 Å². The van der Waals surface area contributed by atoms with Gasteiger partial charge in [-0.2, -0.15) is 0 Å². The molecule has 0 radical (unpaired) electrons. The Hall–Kier alpha value is -0.840. The van der Waals surface area contributed by atoms with E-state index < -0.39 is 0 Å². The topological polar surface area (TPSA) is 40.4 Å². The minimum absolute atomic E-state index is 0.832. The van der Waals surface area contributed by atoms with E-state index in [2.05, 4.69) is 15.5 Å². The van der Waals surface area contributed by atoms with Crippen LogP contribution in [0.3, 0.4) is 0 Å². The highest BCUT2D eigenvalue weighted by Crippen LogP contribution is 1.98. The molecule has 0 amide bonds. The average Bonchev–Trinajstić information content (AvgIpc) is 2.68. The zero-order valence-corrected chi connectivity index (χ0v) is 9.74. The lowest BCUT2D eigenvalue weighted by atomic mass is 10.4. The standard InChI is InChI=1S/C12H21N3O/c1-3-12(16-10-1)11-14-6-9-15-7-2-4-13-5-8-15/h1,3,10,13-14H,2,4-9,11H2. The monoisotopic (exact) mass is 223 g/mol. The van der Waals surface area contributed by atoms with Gasteiger partial charge < -0.3 is 20.0 Å². The van der Waals surface area contributed by atoms with E-state index in [1.807, 2.05) is 12.1 Å². The van der Waals surface area contributed by atoms with Crippen LogP contribution in [0.25, 0.3) is 0 Å². The fourth-order valence-electron chi connectivity index (χ4n) is 1.99. The van der Waals surface area contributed by atoms with Crippen LogP contribution >= 0.6 is 0 Å². The van der Waals surface area contributed by atoms with Gasteiger partial charge in [-0.1, -0.05) is 0 Å². The minimum Gasteiger partial charge on any atom is -0.468 e. The van der Waals surface area contributed by atoms with Crippen LogP contribution in [0.15, 0.2) is 22.8 Å². The molecule has 2 heterocycles. The molecule has 0 spiro atoms. The van der Waals surface area contributed by atoms with E-state index in [0.717, 1.165) is 38.5 Å². The van der Waals surface area contributed by atoms with Crippen LogP contribution in [0, 0.1) is 0 Å². The lowest BCUT2D eigenvalue weighted by Crippen LogP contribution is -2.34. The lowest BCUT2D eigenvalue weighted by Gasteiger charge is -2.19. The molecule has 1 fully saturated rings. The van der Waals surface area contributed by atoms with Crippen molar-refractivity contribution >= 4 is 0 Å².